The van der Waals surface area contributed by atoms with Crippen molar-refractivity contribution in [3.8, 4) is 0 Å². The van der Waals surface area contributed by atoms with Crippen LogP contribution in [0, 0.1) is 0 Å². The maximum Gasteiger partial charge on any atom is -1.00 e. The molecule has 2 atom stereocenters. The van der Waals surface area contributed by atoms with Crippen molar-refractivity contribution in [3.05, 3.63) is 81.9 Å². The number of hydrogen-bond acceptors (Lipinski definition) is 1. The van der Waals surface area contributed by atoms with E-state index in [4.69, 9.17) is 0 Å². The van der Waals surface area contributed by atoms with Crippen LogP contribution in [0.1, 0.15) is 36.4 Å². The molecule has 2 unspecified atom stereocenters. The largest absolute Gasteiger partial charge is 1.00 e. The second-order valence-electron chi connectivity index (χ2n) is 8.97. The molecule has 0 aromatic heterocycles. The van der Waals surface area contributed by atoms with Crippen LogP contribution in [0.25, 0.3) is 12.2 Å². The standard InChI is InChI=1S/C24H26OSi.2ClH.Zr/c1-24(26(2,3)13-12-25,22-14-18-8-4-5-9-19(18)15-22)23-16-20-10-6-7-11-21(20)17-23;;;/h4-11,14-17,25H,12-13H2,1-3H3;2*1H;/q;;;+2/p-2. The summed E-state index contributed by atoms with van der Waals surface area (Å²) in [6, 6.07) is 19.1. The number of halogens is 2. The molecular formula is C24H26Cl2OSiZr. The maximum absolute atomic E-state index is 9.88. The first kappa shape index (κ1) is 23.2. The fraction of sp³-hybridized carbons (Fsp3) is 0.333. The summed E-state index contributed by atoms with van der Waals surface area (Å²) in [6.45, 7) is 7.84. The number of hydrogen-bond donors (Lipinski definition) is 1. The van der Waals surface area contributed by atoms with Gasteiger partial charge in [0, 0.05) is 0 Å². The quantitative estimate of drug-likeness (QED) is 0.558. The molecule has 29 heavy (non-hydrogen) atoms. The normalized spacial score (nSPS) is 25.5. The number of fused-ring (bicyclic) bond motifs is 6. The summed E-state index contributed by atoms with van der Waals surface area (Å²) in [5.74, 6) is 0. The van der Waals surface area contributed by atoms with E-state index in [0.29, 0.717) is 13.9 Å². The summed E-state index contributed by atoms with van der Waals surface area (Å²) in [5, 5.41) is 10.0. The van der Waals surface area contributed by atoms with Crippen molar-refractivity contribution in [1.29, 1.82) is 0 Å². The van der Waals surface area contributed by atoms with Gasteiger partial charge in [0.2, 0.25) is 0 Å². The molecule has 2 aromatic rings. The van der Waals surface area contributed by atoms with Crippen molar-refractivity contribution in [1.82, 2.24) is 0 Å². The summed E-state index contributed by atoms with van der Waals surface area (Å²) in [7, 11) is -1.74. The molecule has 2 aromatic carbocycles. The molecule has 0 spiro atoms. The Kier molecular flexibility index (Phi) is 6.60. The summed E-state index contributed by atoms with van der Waals surface area (Å²) < 4.78 is 1.38. The second-order valence-corrected chi connectivity index (χ2v) is 17.9. The number of aliphatic hydroxyl groups is 1. The van der Waals surface area contributed by atoms with E-state index < -0.39 is 31.3 Å². The zero-order valence-electron chi connectivity index (χ0n) is 17.0. The minimum absolute atomic E-state index is 0. The molecule has 150 valence electrons. The van der Waals surface area contributed by atoms with E-state index in [2.05, 4.69) is 80.7 Å². The van der Waals surface area contributed by atoms with Crippen LogP contribution in [0.2, 0.25) is 24.2 Å². The Labute approximate surface area is 199 Å². The van der Waals surface area contributed by atoms with Gasteiger partial charge in [-0.25, -0.2) is 0 Å². The smallest absolute Gasteiger partial charge is 1.00 e. The Morgan fingerprint density at radius 2 is 1.31 bits per heavy atom. The zero-order chi connectivity index (χ0) is 18.8. The Balaban J connectivity index is 0.00000120. The summed E-state index contributed by atoms with van der Waals surface area (Å²) in [5.41, 5.74) is 9.45. The molecule has 0 radical (unpaired) electrons. The van der Waals surface area contributed by atoms with Gasteiger partial charge in [-0.15, -0.1) is 0 Å². The van der Waals surface area contributed by atoms with Crippen molar-refractivity contribution in [3.63, 3.8) is 0 Å². The molecule has 0 bridgehead atoms. The minimum atomic E-state index is -1.74. The van der Waals surface area contributed by atoms with E-state index in [-0.39, 0.29) is 29.9 Å². The number of aliphatic hydroxyl groups excluding tert-OH is 1. The summed E-state index contributed by atoms with van der Waals surface area (Å²) >= 11 is -0.716. The van der Waals surface area contributed by atoms with Gasteiger partial charge < -0.3 is 24.8 Å². The van der Waals surface area contributed by atoms with Crippen LogP contribution in [-0.2, 0) is 23.2 Å². The average Bonchev–Trinajstić information content (AvgIpc) is 3.22. The van der Waals surface area contributed by atoms with Crippen LogP contribution >= 0.6 is 0 Å². The second kappa shape index (κ2) is 8.24. The van der Waals surface area contributed by atoms with Crippen molar-refractivity contribution >= 4 is 20.2 Å². The van der Waals surface area contributed by atoms with Gasteiger partial charge in [0.1, 0.15) is 0 Å². The van der Waals surface area contributed by atoms with E-state index in [1.165, 1.54) is 11.1 Å². The van der Waals surface area contributed by atoms with E-state index >= 15 is 0 Å². The van der Waals surface area contributed by atoms with Crippen molar-refractivity contribution in [2.24, 2.45) is 0 Å². The van der Waals surface area contributed by atoms with Gasteiger partial charge in [-0.3, -0.25) is 0 Å². The molecule has 5 heteroatoms. The fourth-order valence-corrected chi connectivity index (χ4v) is 15.0. The molecule has 3 aliphatic rings. The van der Waals surface area contributed by atoms with Crippen LogP contribution in [0.4, 0.5) is 0 Å². The molecule has 1 N–H and O–H groups in total. The third-order valence-electron chi connectivity index (χ3n) is 7.44. The first-order valence-electron chi connectivity index (χ1n) is 9.96. The van der Waals surface area contributed by atoms with Gasteiger partial charge in [0.05, 0.1) is 0 Å². The molecular weight excluding hydrogens is 494 g/mol. The van der Waals surface area contributed by atoms with Crippen LogP contribution in [0.15, 0.2) is 59.7 Å². The molecule has 1 nitrogen and oxygen atoms in total. The van der Waals surface area contributed by atoms with Crippen LogP contribution in [-0.4, -0.2) is 19.8 Å². The van der Waals surface area contributed by atoms with Gasteiger partial charge >= 0.3 is 175 Å². The molecule has 1 saturated heterocycles. The molecule has 0 amide bonds. The number of allylic oxidation sites excluding steroid dienone is 2. The fourth-order valence-electron chi connectivity index (χ4n) is 5.52. The van der Waals surface area contributed by atoms with Gasteiger partial charge in [0.25, 0.3) is 0 Å². The van der Waals surface area contributed by atoms with E-state index in [1.807, 2.05) is 0 Å². The van der Waals surface area contributed by atoms with Crippen LogP contribution in [0.5, 0.6) is 0 Å². The topological polar surface area (TPSA) is 20.2 Å². The predicted octanol–water partition coefficient (Wildman–Crippen LogP) is -0.172. The van der Waals surface area contributed by atoms with Crippen molar-refractivity contribution < 1.29 is 53.2 Å². The Morgan fingerprint density at radius 3 is 1.76 bits per heavy atom. The van der Waals surface area contributed by atoms with Crippen molar-refractivity contribution in [2.45, 2.75) is 38.4 Å². The SMILES string of the molecule is CC1([Si](C)(C)CCO)C2=Cc3ccccc3[CH]2[Zr+2][CH]2C1=Cc1ccccc12.[Cl-].[Cl-]. The number of benzene rings is 2. The summed E-state index contributed by atoms with van der Waals surface area (Å²) in [6.07, 6.45) is 5.07. The van der Waals surface area contributed by atoms with Gasteiger partial charge in [-0.05, 0) is 0 Å². The van der Waals surface area contributed by atoms with Crippen LogP contribution in [0.3, 0.4) is 0 Å². The van der Waals surface area contributed by atoms with Gasteiger partial charge in [-0.2, -0.15) is 0 Å². The molecule has 5 rings (SSSR count). The predicted molar refractivity (Wildman–Crippen MR) is 112 cm³/mol. The van der Waals surface area contributed by atoms with E-state index in [9.17, 15) is 5.11 Å². The van der Waals surface area contributed by atoms with E-state index in [0.717, 1.165) is 6.04 Å². The van der Waals surface area contributed by atoms with E-state index in [1.54, 1.807) is 22.3 Å². The van der Waals surface area contributed by atoms with Crippen molar-refractivity contribution in [2.75, 3.05) is 6.61 Å². The maximum atomic E-state index is 9.88. The zero-order valence-corrected chi connectivity index (χ0v) is 22.0. The summed E-state index contributed by atoms with van der Waals surface area (Å²) in [4.78, 5) is 0. The molecule has 2 aliphatic carbocycles. The molecule has 1 heterocycles. The molecule has 1 aliphatic heterocycles. The molecule has 0 saturated carbocycles. The molecule has 1 fully saturated rings. The number of rotatable bonds is 3. The Bertz CT molecular complexity index is 930. The minimum Gasteiger partial charge on any atom is -1.00 e. The van der Waals surface area contributed by atoms with Gasteiger partial charge in [0.15, 0.2) is 0 Å². The Morgan fingerprint density at radius 1 is 0.862 bits per heavy atom. The third-order valence-corrected chi connectivity index (χ3v) is 16.9. The van der Waals surface area contributed by atoms with Gasteiger partial charge in [-0.1, -0.05) is 0 Å². The average molecular weight is 521 g/mol. The first-order chi connectivity index (χ1) is 13.0. The van der Waals surface area contributed by atoms with Crippen LogP contribution < -0.4 is 24.8 Å². The Hall–Kier alpha value is -0.440. The first-order valence-corrected chi connectivity index (χ1v) is 16.0. The monoisotopic (exact) mass is 518 g/mol. The third kappa shape index (κ3) is 3.24.